The van der Waals surface area contributed by atoms with Gasteiger partial charge in [0.25, 0.3) is 0 Å². The average molecular weight is 440 g/mol. The van der Waals surface area contributed by atoms with E-state index in [1.807, 2.05) is 0 Å². The van der Waals surface area contributed by atoms with E-state index in [-0.39, 0.29) is 11.8 Å². The molecule has 2 aromatic rings. The molecule has 2 aromatic carbocycles. The smallest absolute Gasteiger partial charge is 0.200 e. The zero-order valence-corrected chi connectivity index (χ0v) is 18.0. The number of ether oxygens (including phenoxy) is 1. The Labute approximate surface area is 175 Å². The van der Waals surface area contributed by atoms with Crippen LogP contribution in [0.2, 0.25) is 0 Å². The molecule has 3 aliphatic heterocycles. The minimum Gasteiger partial charge on any atom is -0.466 e. The molecule has 0 aliphatic carbocycles. The Morgan fingerprint density at radius 2 is 1.86 bits per heavy atom. The summed E-state index contributed by atoms with van der Waals surface area (Å²) in [6.45, 7) is 6.64. The van der Waals surface area contributed by atoms with Crippen molar-refractivity contribution < 1.29 is 4.74 Å². The van der Waals surface area contributed by atoms with Gasteiger partial charge in [-0.15, -0.1) is 0 Å². The molecule has 1 spiro atoms. The van der Waals surface area contributed by atoms with E-state index in [9.17, 15) is 0 Å². The van der Waals surface area contributed by atoms with Gasteiger partial charge in [-0.25, -0.2) is 5.01 Å². The number of nitrogens with zero attached hydrogens (tertiary/aromatic N) is 3. The number of likely N-dealkylation sites (tertiary alicyclic amines) is 1. The fourth-order valence-corrected chi connectivity index (χ4v) is 5.16. The van der Waals surface area contributed by atoms with Gasteiger partial charge in [0.05, 0.1) is 11.8 Å². The molecule has 0 aromatic heterocycles. The predicted octanol–water partition coefficient (Wildman–Crippen LogP) is 5.19. The van der Waals surface area contributed by atoms with E-state index in [1.165, 1.54) is 11.1 Å². The molecular formula is C23H26BrN3O. The first-order valence-electron chi connectivity index (χ1n) is 10.2. The van der Waals surface area contributed by atoms with E-state index in [0.717, 1.165) is 48.3 Å². The van der Waals surface area contributed by atoms with Gasteiger partial charge in [0.2, 0.25) is 5.72 Å². The third kappa shape index (κ3) is 2.96. The monoisotopic (exact) mass is 439 g/mol. The Bertz CT molecular complexity index is 903. The van der Waals surface area contributed by atoms with Crippen molar-refractivity contribution in [1.29, 1.82) is 0 Å². The van der Waals surface area contributed by atoms with Crippen LogP contribution in [0.25, 0.3) is 0 Å². The second-order valence-corrected chi connectivity index (χ2v) is 9.25. The lowest BCUT2D eigenvalue weighted by atomic mass is 9.90. The van der Waals surface area contributed by atoms with Gasteiger partial charge in [-0.2, -0.15) is 5.10 Å². The molecule has 5 rings (SSSR count). The summed E-state index contributed by atoms with van der Waals surface area (Å²) in [6.07, 6.45) is 2.87. The maximum atomic E-state index is 6.71. The van der Waals surface area contributed by atoms with Crippen LogP contribution < -0.4 is 4.74 Å². The van der Waals surface area contributed by atoms with Crippen molar-refractivity contribution in [2.45, 2.75) is 50.9 Å². The number of fused-ring (bicyclic) bond motifs is 4. The summed E-state index contributed by atoms with van der Waals surface area (Å²) in [5.74, 6) is 1.02. The van der Waals surface area contributed by atoms with Gasteiger partial charge in [0, 0.05) is 48.4 Å². The number of rotatable bonds is 2. The van der Waals surface area contributed by atoms with Crippen molar-refractivity contribution in [2.24, 2.45) is 5.10 Å². The lowest BCUT2D eigenvalue weighted by Crippen LogP contribution is -2.59. The maximum absolute atomic E-state index is 6.71. The summed E-state index contributed by atoms with van der Waals surface area (Å²) in [4.78, 5) is 2.54. The lowest BCUT2D eigenvalue weighted by Gasteiger charge is -2.51. The number of halogens is 1. The van der Waals surface area contributed by atoms with E-state index in [0.29, 0.717) is 6.04 Å². The fraction of sp³-hybridized carbons (Fsp3) is 0.435. The second-order valence-electron chi connectivity index (χ2n) is 8.34. The Hall–Kier alpha value is -1.85. The quantitative estimate of drug-likeness (QED) is 0.643. The van der Waals surface area contributed by atoms with Crippen LogP contribution in [0.15, 0.2) is 58.1 Å². The normalized spacial score (nSPS) is 23.4. The molecule has 4 nitrogen and oxygen atoms in total. The van der Waals surface area contributed by atoms with Gasteiger partial charge in [-0.05, 0) is 37.6 Å². The number of hydrogen-bond donors (Lipinski definition) is 0. The molecule has 3 aliphatic rings. The topological polar surface area (TPSA) is 28.1 Å². The van der Waals surface area contributed by atoms with Gasteiger partial charge < -0.3 is 9.64 Å². The Morgan fingerprint density at radius 3 is 2.57 bits per heavy atom. The van der Waals surface area contributed by atoms with Crippen LogP contribution in [0.5, 0.6) is 5.75 Å². The first-order valence-corrected chi connectivity index (χ1v) is 11.0. The van der Waals surface area contributed by atoms with Gasteiger partial charge in [0.1, 0.15) is 5.75 Å². The zero-order valence-electron chi connectivity index (χ0n) is 16.4. The largest absolute Gasteiger partial charge is 0.466 e. The highest BCUT2D eigenvalue weighted by Gasteiger charge is 2.51. The summed E-state index contributed by atoms with van der Waals surface area (Å²) in [7, 11) is 0. The van der Waals surface area contributed by atoms with Crippen molar-refractivity contribution >= 4 is 21.6 Å². The maximum Gasteiger partial charge on any atom is 0.200 e. The standard InChI is InChI=1S/C23H26BrN3O/c1-16(2)26-12-10-23(11-13-26)27-21(19-14-18(24)8-9-22(19)28-23)15-20(25-27)17-6-4-3-5-7-17/h3-9,14,16,21H,10-13,15H2,1-2H3/t21-/m0/s1. The summed E-state index contributed by atoms with van der Waals surface area (Å²) < 4.78 is 7.80. The molecule has 1 fully saturated rings. The van der Waals surface area contributed by atoms with E-state index >= 15 is 0 Å². The van der Waals surface area contributed by atoms with Crippen LogP contribution in [0.4, 0.5) is 0 Å². The number of benzene rings is 2. The molecule has 0 radical (unpaired) electrons. The van der Waals surface area contributed by atoms with Crippen LogP contribution >= 0.6 is 15.9 Å². The van der Waals surface area contributed by atoms with Gasteiger partial charge in [-0.3, -0.25) is 0 Å². The minimum atomic E-state index is -0.340. The van der Waals surface area contributed by atoms with Crippen LogP contribution in [-0.4, -0.2) is 40.5 Å². The van der Waals surface area contributed by atoms with Gasteiger partial charge >= 0.3 is 0 Å². The van der Waals surface area contributed by atoms with Crippen molar-refractivity contribution in [3.05, 3.63) is 64.1 Å². The molecule has 1 saturated heterocycles. The van der Waals surface area contributed by atoms with E-state index < -0.39 is 0 Å². The summed E-state index contributed by atoms with van der Waals surface area (Å²) in [5.41, 5.74) is 3.27. The highest BCUT2D eigenvalue weighted by molar-refractivity contribution is 9.10. The molecule has 3 heterocycles. The van der Waals surface area contributed by atoms with Crippen LogP contribution in [0.1, 0.15) is 50.3 Å². The molecule has 1 atom stereocenters. The Kier molecular flexibility index (Phi) is 4.48. The van der Waals surface area contributed by atoms with Crippen LogP contribution in [0.3, 0.4) is 0 Å². The third-order valence-electron chi connectivity index (χ3n) is 6.38. The molecule has 0 amide bonds. The van der Waals surface area contributed by atoms with E-state index in [2.05, 4.69) is 88.2 Å². The Balaban J connectivity index is 1.55. The lowest BCUT2D eigenvalue weighted by molar-refractivity contribution is -0.152. The van der Waals surface area contributed by atoms with Crippen LogP contribution in [-0.2, 0) is 0 Å². The van der Waals surface area contributed by atoms with Crippen molar-refractivity contribution in [1.82, 2.24) is 9.91 Å². The van der Waals surface area contributed by atoms with E-state index in [1.54, 1.807) is 0 Å². The predicted molar refractivity (Wildman–Crippen MR) is 116 cm³/mol. The van der Waals surface area contributed by atoms with Gasteiger partial charge in [0.15, 0.2) is 0 Å². The summed E-state index contributed by atoms with van der Waals surface area (Å²) in [5, 5.41) is 7.44. The first kappa shape index (κ1) is 18.2. The number of hydrazone groups is 1. The highest BCUT2D eigenvalue weighted by Crippen LogP contribution is 2.50. The van der Waals surface area contributed by atoms with Crippen LogP contribution in [0, 0.1) is 0 Å². The SMILES string of the molecule is CC(C)N1CCC2(CC1)Oc1ccc(Br)cc1[C@@H]1CC(c3ccccc3)=NN12. The molecule has 28 heavy (non-hydrogen) atoms. The van der Waals surface area contributed by atoms with E-state index in [4.69, 9.17) is 9.84 Å². The number of piperidine rings is 1. The molecule has 0 unspecified atom stereocenters. The highest BCUT2D eigenvalue weighted by atomic mass is 79.9. The second kappa shape index (κ2) is 6.89. The third-order valence-corrected chi connectivity index (χ3v) is 6.87. The van der Waals surface area contributed by atoms with Crippen molar-refractivity contribution in [3.8, 4) is 5.75 Å². The number of hydrogen-bond acceptors (Lipinski definition) is 4. The van der Waals surface area contributed by atoms with Crippen molar-refractivity contribution in [2.75, 3.05) is 13.1 Å². The Morgan fingerprint density at radius 1 is 1.11 bits per heavy atom. The average Bonchev–Trinajstić information content (AvgIpc) is 3.17. The zero-order chi connectivity index (χ0) is 19.3. The molecule has 146 valence electrons. The minimum absolute atomic E-state index is 0.238. The molecule has 0 N–H and O–H groups in total. The van der Waals surface area contributed by atoms with Gasteiger partial charge in [-0.1, -0.05) is 46.3 Å². The molecule has 0 saturated carbocycles. The fourth-order valence-electron chi connectivity index (χ4n) is 4.78. The molecule has 0 bridgehead atoms. The summed E-state index contributed by atoms with van der Waals surface area (Å²) in [6, 6.07) is 17.8. The molecule has 5 heteroatoms. The first-order chi connectivity index (χ1) is 13.6. The van der Waals surface area contributed by atoms with Crippen molar-refractivity contribution in [3.63, 3.8) is 0 Å². The summed E-state index contributed by atoms with van der Waals surface area (Å²) >= 11 is 3.64. The molecular weight excluding hydrogens is 414 g/mol.